The molecule has 5 N–H and O–H groups in total. The van der Waals surface area contributed by atoms with Crippen LogP contribution in [-0.2, 0) is 4.79 Å². The van der Waals surface area contributed by atoms with Gasteiger partial charge < -0.3 is 30.7 Å². The van der Waals surface area contributed by atoms with E-state index in [2.05, 4.69) is 10.6 Å². The number of anilines is 2. The van der Waals surface area contributed by atoms with Crippen molar-refractivity contribution in [2.24, 2.45) is 0 Å². The molecular weight excluding hydrogens is 532 g/mol. The van der Waals surface area contributed by atoms with Crippen LogP contribution in [0.2, 0.25) is 0 Å². The normalized spacial score (nSPS) is 10.4. The molecule has 0 atom stereocenters. The zero-order valence-electron chi connectivity index (χ0n) is 21.4. The number of carbonyl (C=O) groups excluding carboxylic acids is 3. The maximum absolute atomic E-state index is 13.4. The van der Waals surface area contributed by atoms with E-state index in [9.17, 15) is 39.3 Å². The number of hydrogen-bond donors (Lipinski definition) is 5. The number of phenols is 1. The van der Waals surface area contributed by atoms with E-state index in [0.717, 1.165) is 12.1 Å². The first-order valence-electron chi connectivity index (χ1n) is 12.0. The number of nitrogens with one attached hydrogen (secondary N) is 2. The summed E-state index contributed by atoms with van der Waals surface area (Å²) in [5, 5.41) is 33.9. The predicted molar refractivity (Wildman–Crippen MR) is 148 cm³/mol. The number of carbonyl (C=O) groups is 5. The van der Waals surface area contributed by atoms with E-state index >= 15 is 0 Å². The number of carboxylic acid groups (broad SMARTS) is 2. The molecule has 4 aromatic rings. The first-order valence-corrected chi connectivity index (χ1v) is 12.0. The van der Waals surface area contributed by atoms with Crippen LogP contribution < -0.4 is 15.4 Å². The van der Waals surface area contributed by atoms with E-state index in [1.807, 2.05) is 0 Å². The number of ether oxygens (including phenoxy) is 1. The molecule has 0 fully saturated rings. The average molecular weight is 555 g/mol. The molecule has 0 aromatic heterocycles. The Balaban J connectivity index is 1.76. The summed E-state index contributed by atoms with van der Waals surface area (Å²) in [6.45, 7) is 1.23. The molecule has 4 aromatic carbocycles. The molecule has 2 amide bonds. The van der Waals surface area contributed by atoms with Crippen LogP contribution in [0.5, 0.6) is 11.5 Å². The molecule has 0 aliphatic rings. The summed E-state index contributed by atoms with van der Waals surface area (Å²) >= 11 is 0. The van der Waals surface area contributed by atoms with E-state index in [1.165, 1.54) is 67.6 Å². The van der Waals surface area contributed by atoms with E-state index in [-0.39, 0.29) is 34.0 Å². The summed E-state index contributed by atoms with van der Waals surface area (Å²) in [5.41, 5.74) is 0.153. The average Bonchev–Trinajstić information content (AvgIpc) is 2.92. The van der Waals surface area contributed by atoms with Crippen molar-refractivity contribution in [2.45, 2.75) is 6.92 Å². The molecule has 41 heavy (non-hydrogen) atoms. The molecule has 0 aliphatic heterocycles. The molecule has 0 radical (unpaired) electrons. The smallest absolute Gasteiger partial charge is 0.336 e. The third-order valence-electron chi connectivity index (χ3n) is 5.78. The van der Waals surface area contributed by atoms with Crippen molar-refractivity contribution in [3.8, 4) is 22.6 Å². The number of phenolic OH excluding ortho intramolecular Hbond substituents is 1. The van der Waals surface area contributed by atoms with Crippen LogP contribution >= 0.6 is 0 Å². The highest BCUT2D eigenvalue weighted by atomic mass is 16.5. The molecule has 0 saturated carbocycles. The zero-order valence-corrected chi connectivity index (χ0v) is 21.4. The number of aromatic hydroxyl groups is 1. The molecule has 206 valence electrons. The quantitative estimate of drug-likeness (QED) is 0.150. The summed E-state index contributed by atoms with van der Waals surface area (Å²) in [7, 11) is 0. The lowest BCUT2D eigenvalue weighted by Gasteiger charge is -2.14. The van der Waals surface area contributed by atoms with Crippen LogP contribution in [0.1, 0.15) is 48.4 Å². The summed E-state index contributed by atoms with van der Waals surface area (Å²) in [6.07, 6.45) is 0. The van der Waals surface area contributed by atoms with Gasteiger partial charge >= 0.3 is 17.9 Å². The number of amides is 2. The first-order chi connectivity index (χ1) is 19.5. The van der Waals surface area contributed by atoms with Gasteiger partial charge in [0, 0.05) is 30.4 Å². The minimum Gasteiger partial charge on any atom is -0.508 e. The second-order valence-corrected chi connectivity index (χ2v) is 8.71. The Hall–Kier alpha value is -5.97. The Morgan fingerprint density at radius 1 is 0.610 bits per heavy atom. The van der Waals surface area contributed by atoms with Crippen molar-refractivity contribution in [1.29, 1.82) is 0 Å². The Labute approximate surface area is 232 Å². The van der Waals surface area contributed by atoms with Gasteiger partial charge in [-0.25, -0.2) is 9.59 Å². The van der Waals surface area contributed by atoms with Crippen molar-refractivity contribution in [3.05, 3.63) is 107 Å². The van der Waals surface area contributed by atoms with Gasteiger partial charge in [0.25, 0.3) is 11.8 Å². The van der Waals surface area contributed by atoms with Gasteiger partial charge in [-0.1, -0.05) is 24.3 Å². The lowest BCUT2D eigenvalue weighted by molar-refractivity contribution is -0.131. The number of hydrogen-bond acceptors (Lipinski definition) is 7. The minimum atomic E-state index is -1.45. The Morgan fingerprint density at radius 2 is 1.15 bits per heavy atom. The third kappa shape index (κ3) is 6.73. The lowest BCUT2D eigenvalue weighted by atomic mass is 9.95. The van der Waals surface area contributed by atoms with Gasteiger partial charge in [0.1, 0.15) is 11.5 Å². The molecule has 0 spiro atoms. The van der Waals surface area contributed by atoms with E-state index < -0.39 is 40.8 Å². The number of esters is 1. The highest BCUT2D eigenvalue weighted by Gasteiger charge is 2.21. The Bertz CT molecular complexity index is 1710. The largest absolute Gasteiger partial charge is 0.508 e. The lowest BCUT2D eigenvalue weighted by Crippen LogP contribution is -2.20. The number of rotatable bonds is 8. The van der Waals surface area contributed by atoms with Crippen LogP contribution in [0.4, 0.5) is 11.4 Å². The summed E-state index contributed by atoms with van der Waals surface area (Å²) < 4.78 is 5.04. The van der Waals surface area contributed by atoms with Crippen molar-refractivity contribution < 1.29 is 44.0 Å². The predicted octanol–water partition coefficient (Wildman–Crippen LogP) is 4.89. The number of aromatic carboxylic acids is 2. The highest BCUT2D eigenvalue weighted by molar-refractivity contribution is 6.16. The van der Waals surface area contributed by atoms with Crippen LogP contribution in [0.15, 0.2) is 84.9 Å². The van der Waals surface area contributed by atoms with Gasteiger partial charge in [-0.15, -0.1) is 0 Å². The van der Waals surface area contributed by atoms with Gasteiger partial charge in [-0.3, -0.25) is 14.4 Å². The molecule has 0 bridgehead atoms. The second kappa shape index (κ2) is 11.8. The standard InChI is InChI=1S/C30H22N2O9/c1-16(33)41-22-7-3-5-20(15-22)32-27(35)23-10-8-17(18-9-11-24(29(37)38)26(13-18)30(39)40)12-25(23)28(36)31-19-4-2-6-21(34)14-19/h2-15,34H,1H3,(H,31,36)(H,32,35)(H,37,38)(H,39,40). The first kappa shape index (κ1) is 28.0. The van der Waals surface area contributed by atoms with Crippen molar-refractivity contribution in [3.63, 3.8) is 0 Å². The maximum atomic E-state index is 13.4. The Kier molecular flexibility index (Phi) is 8.09. The molecule has 0 unspecified atom stereocenters. The number of benzene rings is 4. The number of carboxylic acids is 2. The maximum Gasteiger partial charge on any atom is 0.336 e. The summed E-state index contributed by atoms with van der Waals surface area (Å²) in [4.78, 5) is 61.1. The minimum absolute atomic E-state index is 0.0510. The third-order valence-corrected chi connectivity index (χ3v) is 5.78. The monoisotopic (exact) mass is 554 g/mol. The molecule has 0 heterocycles. The fourth-order valence-electron chi connectivity index (χ4n) is 3.98. The van der Waals surface area contributed by atoms with Crippen LogP contribution in [0.25, 0.3) is 11.1 Å². The molecule has 4 rings (SSSR count). The van der Waals surface area contributed by atoms with Gasteiger partial charge in [0.15, 0.2) is 0 Å². The summed E-state index contributed by atoms with van der Waals surface area (Å²) in [6, 6.07) is 19.8. The highest BCUT2D eigenvalue weighted by Crippen LogP contribution is 2.28. The van der Waals surface area contributed by atoms with Crippen molar-refractivity contribution in [1.82, 2.24) is 0 Å². The molecule has 0 aliphatic carbocycles. The van der Waals surface area contributed by atoms with Crippen LogP contribution in [0, 0.1) is 0 Å². The van der Waals surface area contributed by atoms with E-state index in [4.69, 9.17) is 4.74 Å². The zero-order chi connectivity index (χ0) is 29.7. The topological polar surface area (TPSA) is 179 Å². The fraction of sp³-hybridized carbons (Fsp3) is 0.0333. The van der Waals surface area contributed by atoms with E-state index in [0.29, 0.717) is 11.1 Å². The summed E-state index contributed by atoms with van der Waals surface area (Å²) in [5.74, 6) is -4.68. The molecule has 11 nitrogen and oxygen atoms in total. The Morgan fingerprint density at radius 3 is 1.73 bits per heavy atom. The molecular formula is C30H22N2O9. The van der Waals surface area contributed by atoms with E-state index in [1.54, 1.807) is 12.1 Å². The van der Waals surface area contributed by atoms with Crippen molar-refractivity contribution >= 4 is 41.1 Å². The molecule has 0 saturated heterocycles. The van der Waals surface area contributed by atoms with Gasteiger partial charge in [-0.2, -0.15) is 0 Å². The second-order valence-electron chi connectivity index (χ2n) is 8.71. The van der Waals surface area contributed by atoms with Gasteiger partial charge in [0.05, 0.1) is 22.3 Å². The van der Waals surface area contributed by atoms with Crippen molar-refractivity contribution in [2.75, 3.05) is 10.6 Å². The van der Waals surface area contributed by atoms with Crippen LogP contribution in [0.3, 0.4) is 0 Å². The van der Waals surface area contributed by atoms with Crippen LogP contribution in [-0.4, -0.2) is 45.0 Å². The SMILES string of the molecule is CC(=O)Oc1cccc(NC(=O)c2ccc(-c3ccc(C(=O)O)c(C(=O)O)c3)cc2C(=O)Nc2cccc(O)c2)c1. The van der Waals surface area contributed by atoms with Gasteiger partial charge in [0.2, 0.25) is 0 Å². The molecule has 11 heteroatoms. The fourth-order valence-corrected chi connectivity index (χ4v) is 3.98. The van der Waals surface area contributed by atoms with Gasteiger partial charge in [-0.05, 0) is 59.7 Å².